The molecule has 0 bridgehead atoms. The third kappa shape index (κ3) is 3.06. The lowest BCUT2D eigenvalue weighted by Crippen LogP contribution is -2.53. The number of hydrogen-bond acceptors (Lipinski definition) is 3. The normalized spacial score (nSPS) is 28.4. The SMILES string of the molecule is NC(Cc1ccc(F)cc1Br)C1CN2CCCC2CO1. The largest absolute Gasteiger partial charge is 0.374 e. The van der Waals surface area contributed by atoms with Gasteiger partial charge in [-0.1, -0.05) is 22.0 Å². The number of nitrogens with two attached hydrogens (primary N) is 1. The van der Waals surface area contributed by atoms with E-state index in [0.29, 0.717) is 12.5 Å². The van der Waals surface area contributed by atoms with Gasteiger partial charge in [0.2, 0.25) is 0 Å². The molecule has 2 saturated heterocycles. The van der Waals surface area contributed by atoms with Gasteiger partial charge < -0.3 is 10.5 Å². The minimum atomic E-state index is -0.233. The minimum Gasteiger partial charge on any atom is -0.374 e. The lowest BCUT2D eigenvalue weighted by Gasteiger charge is -2.37. The van der Waals surface area contributed by atoms with Gasteiger partial charge in [-0.05, 0) is 43.5 Å². The molecule has 0 aromatic heterocycles. The van der Waals surface area contributed by atoms with Gasteiger partial charge in [0.25, 0.3) is 0 Å². The Morgan fingerprint density at radius 3 is 3.15 bits per heavy atom. The van der Waals surface area contributed by atoms with Crippen LogP contribution in [0.5, 0.6) is 0 Å². The molecule has 3 rings (SSSR count). The van der Waals surface area contributed by atoms with Crippen molar-refractivity contribution in [3.8, 4) is 0 Å². The summed E-state index contributed by atoms with van der Waals surface area (Å²) in [5.41, 5.74) is 7.34. The first-order valence-electron chi connectivity index (χ1n) is 7.18. The van der Waals surface area contributed by atoms with Crippen LogP contribution in [0.25, 0.3) is 0 Å². The summed E-state index contributed by atoms with van der Waals surface area (Å²) in [4.78, 5) is 2.49. The molecule has 2 aliphatic rings. The van der Waals surface area contributed by atoms with E-state index in [2.05, 4.69) is 20.8 Å². The fraction of sp³-hybridized carbons (Fsp3) is 0.600. The van der Waals surface area contributed by atoms with Crippen LogP contribution in [-0.4, -0.2) is 42.8 Å². The first-order chi connectivity index (χ1) is 9.63. The zero-order valence-corrected chi connectivity index (χ0v) is 13.0. The van der Waals surface area contributed by atoms with Gasteiger partial charge in [-0.25, -0.2) is 4.39 Å². The van der Waals surface area contributed by atoms with E-state index in [0.717, 1.165) is 29.7 Å². The lowest BCUT2D eigenvalue weighted by molar-refractivity contribution is -0.0589. The van der Waals surface area contributed by atoms with Crippen molar-refractivity contribution in [3.05, 3.63) is 34.1 Å². The highest BCUT2D eigenvalue weighted by Crippen LogP contribution is 2.25. The minimum absolute atomic E-state index is 0.0571. The highest BCUT2D eigenvalue weighted by atomic mass is 79.9. The molecule has 5 heteroatoms. The molecule has 0 radical (unpaired) electrons. The summed E-state index contributed by atoms with van der Waals surface area (Å²) in [6.07, 6.45) is 3.27. The standard InChI is InChI=1S/C15H20BrFN2O/c16-13-7-11(17)4-3-10(13)6-14(18)15-8-19-5-1-2-12(19)9-20-15/h3-4,7,12,14-15H,1-2,5-6,8-9,18H2. The van der Waals surface area contributed by atoms with E-state index in [9.17, 15) is 4.39 Å². The molecule has 3 unspecified atom stereocenters. The predicted octanol–water partition coefficient (Wildman–Crippen LogP) is 2.32. The van der Waals surface area contributed by atoms with Gasteiger partial charge in [0.1, 0.15) is 5.82 Å². The maximum absolute atomic E-state index is 13.1. The number of halogens is 2. The summed E-state index contributed by atoms with van der Waals surface area (Å²) >= 11 is 3.40. The average Bonchev–Trinajstić information content (AvgIpc) is 2.89. The Labute approximate surface area is 127 Å². The molecule has 2 heterocycles. The molecule has 1 aromatic carbocycles. The number of hydrogen-bond donors (Lipinski definition) is 1. The van der Waals surface area contributed by atoms with Crippen LogP contribution in [0.15, 0.2) is 22.7 Å². The summed E-state index contributed by atoms with van der Waals surface area (Å²) in [5.74, 6) is -0.233. The van der Waals surface area contributed by atoms with Crippen LogP contribution in [0.2, 0.25) is 0 Å². The van der Waals surface area contributed by atoms with Gasteiger partial charge in [-0.2, -0.15) is 0 Å². The Bertz CT molecular complexity index is 485. The van der Waals surface area contributed by atoms with Gasteiger partial charge in [-0.15, -0.1) is 0 Å². The van der Waals surface area contributed by atoms with Crippen molar-refractivity contribution in [2.24, 2.45) is 5.73 Å². The zero-order valence-electron chi connectivity index (χ0n) is 11.4. The summed E-state index contributed by atoms with van der Waals surface area (Å²) in [6.45, 7) is 2.88. The Kier molecular flexibility index (Phi) is 4.40. The number of fused-ring (bicyclic) bond motifs is 1. The van der Waals surface area contributed by atoms with Gasteiger partial charge in [0, 0.05) is 23.1 Å². The van der Waals surface area contributed by atoms with E-state index in [1.54, 1.807) is 6.07 Å². The van der Waals surface area contributed by atoms with Crippen molar-refractivity contribution in [3.63, 3.8) is 0 Å². The van der Waals surface area contributed by atoms with Crippen LogP contribution < -0.4 is 5.73 Å². The van der Waals surface area contributed by atoms with Gasteiger partial charge in [0.15, 0.2) is 0 Å². The topological polar surface area (TPSA) is 38.5 Å². The molecular weight excluding hydrogens is 323 g/mol. The Balaban J connectivity index is 1.62. The van der Waals surface area contributed by atoms with Crippen LogP contribution in [0, 0.1) is 5.82 Å². The molecule has 3 nitrogen and oxygen atoms in total. The van der Waals surface area contributed by atoms with E-state index in [1.165, 1.54) is 25.0 Å². The van der Waals surface area contributed by atoms with Crippen LogP contribution in [0.3, 0.4) is 0 Å². The van der Waals surface area contributed by atoms with E-state index < -0.39 is 0 Å². The summed E-state index contributed by atoms with van der Waals surface area (Å²) in [7, 11) is 0. The van der Waals surface area contributed by atoms with Gasteiger partial charge >= 0.3 is 0 Å². The molecule has 0 saturated carbocycles. The molecule has 0 amide bonds. The highest BCUT2D eigenvalue weighted by Gasteiger charge is 2.34. The van der Waals surface area contributed by atoms with Crippen LogP contribution in [0.4, 0.5) is 4.39 Å². The Hall–Kier alpha value is -0.490. The van der Waals surface area contributed by atoms with Crippen molar-refractivity contribution in [1.82, 2.24) is 4.90 Å². The molecule has 1 aromatic rings. The van der Waals surface area contributed by atoms with Crippen LogP contribution >= 0.6 is 15.9 Å². The highest BCUT2D eigenvalue weighted by molar-refractivity contribution is 9.10. The number of rotatable bonds is 3. The van der Waals surface area contributed by atoms with Gasteiger partial charge in [0.05, 0.1) is 12.7 Å². The molecular formula is C15H20BrFN2O. The number of morpholine rings is 1. The summed E-state index contributed by atoms with van der Waals surface area (Å²) < 4.78 is 19.8. The smallest absolute Gasteiger partial charge is 0.124 e. The molecule has 2 aliphatic heterocycles. The maximum Gasteiger partial charge on any atom is 0.124 e. The van der Waals surface area contributed by atoms with Crippen LogP contribution in [-0.2, 0) is 11.2 Å². The average molecular weight is 343 g/mol. The van der Waals surface area contributed by atoms with Crippen molar-refractivity contribution < 1.29 is 9.13 Å². The Morgan fingerprint density at radius 1 is 1.50 bits per heavy atom. The third-order valence-corrected chi connectivity index (χ3v) is 5.10. The Morgan fingerprint density at radius 2 is 2.35 bits per heavy atom. The number of ether oxygens (including phenoxy) is 1. The predicted molar refractivity (Wildman–Crippen MR) is 80.1 cm³/mol. The van der Waals surface area contributed by atoms with Crippen molar-refractivity contribution in [2.45, 2.75) is 37.5 Å². The second-order valence-corrected chi connectivity index (χ2v) is 6.62. The van der Waals surface area contributed by atoms with Crippen molar-refractivity contribution >= 4 is 15.9 Å². The zero-order chi connectivity index (χ0) is 14.1. The van der Waals surface area contributed by atoms with Crippen molar-refractivity contribution in [2.75, 3.05) is 19.7 Å². The summed E-state index contributed by atoms with van der Waals surface area (Å²) in [6, 6.07) is 5.29. The first kappa shape index (κ1) is 14.4. The molecule has 0 spiro atoms. The number of nitrogens with zero attached hydrogens (tertiary/aromatic N) is 1. The van der Waals surface area contributed by atoms with Crippen LogP contribution in [0.1, 0.15) is 18.4 Å². The molecule has 110 valence electrons. The molecule has 2 fully saturated rings. The molecule has 0 aliphatic carbocycles. The fourth-order valence-electron chi connectivity index (χ4n) is 3.17. The van der Waals surface area contributed by atoms with Gasteiger partial charge in [-0.3, -0.25) is 4.90 Å². The molecule has 3 atom stereocenters. The van der Waals surface area contributed by atoms with E-state index in [4.69, 9.17) is 10.5 Å². The maximum atomic E-state index is 13.1. The number of benzene rings is 1. The fourth-order valence-corrected chi connectivity index (χ4v) is 3.69. The van der Waals surface area contributed by atoms with Crippen molar-refractivity contribution in [1.29, 1.82) is 0 Å². The second kappa shape index (κ2) is 6.10. The second-order valence-electron chi connectivity index (χ2n) is 5.77. The molecule has 20 heavy (non-hydrogen) atoms. The van der Waals surface area contributed by atoms with E-state index in [-0.39, 0.29) is 18.0 Å². The first-order valence-corrected chi connectivity index (χ1v) is 7.98. The summed E-state index contributed by atoms with van der Waals surface area (Å²) in [5, 5.41) is 0. The molecule has 2 N–H and O–H groups in total. The quantitative estimate of drug-likeness (QED) is 0.916. The van der Waals surface area contributed by atoms with E-state index in [1.807, 2.05) is 0 Å². The van der Waals surface area contributed by atoms with E-state index >= 15 is 0 Å². The third-order valence-electron chi connectivity index (χ3n) is 4.36. The monoisotopic (exact) mass is 342 g/mol. The lowest BCUT2D eigenvalue weighted by atomic mass is 10.00.